The fourth-order valence-electron chi connectivity index (χ4n) is 2.24. The van der Waals surface area contributed by atoms with Gasteiger partial charge in [-0.05, 0) is 19.1 Å². The Kier molecular flexibility index (Phi) is 3.48. The summed E-state index contributed by atoms with van der Waals surface area (Å²) in [6, 6.07) is 8.68. The van der Waals surface area contributed by atoms with E-state index in [1.54, 1.807) is 12.3 Å². The normalized spacial score (nSPS) is 14.6. The van der Waals surface area contributed by atoms with Crippen molar-refractivity contribution in [2.45, 2.75) is 19.8 Å². The lowest BCUT2D eigenvalue weighted by molar-refractivity contribution is -0.121. The predicted octanol–water partition coefficient (Wildman–Crippen LogP) is 2.81. The molecule has 0 fully saturated rings. The molecule has 5 heteroatoms. The first-order valence-corrected chi connectivity index (χ1v) is 6.72. The van der Waals surface area contributed by atoms with Crippen molar-refractivity contribution in [2.24, 2.45) is 5.10 Å². The number of rotatable bonds is 2. The lowest BCUT2D eigenvalue weighted by Gasteiger charge is -2.13. The number of carbonyl (C=O) groups excluding carboxylic acids is 1. The van der Waals surface area contributed by atoms with Gasteiger partial charge < -0.3 is 0 Å². The number of hydrogen-bond acceptors (Lipinski definition) is 3. The summed E-state index contributed by atoms with van der Waals surface area (Å²) in [6.45, 7) is 1.89. The quantitative estimate of drug-likeness (QED) is 0.921. The van der Waals surface area contributed by atoms with Gasteiger partial charge in [0.05, 0.1) is 5.71 Å². The van der Waals surface area contributed by atoms with Gasteiger partial charge >= 0.3 is 0 Å². The first-order valence-electron chi connectivity index (χ1n) is 6.72. The second-order valence-electron chi connectivity index (χ2n) is 4.98. The molecule has 0 saturated carbocycles. The molecule has 0 saturated heterocycles. The summed E-state index contributed by atoms with van der Waals surface area (Å²) in [4.78, 5) is 15.3. The molecule has 2 aromatic rings. The third-order valence-corrected chi connectivity index (χ3v) is 3.43. The van der Waals surface area contributed by atoms with E-state index < -0.39 is 0 Å². The standard InChI is InChI=1S/C16H14FN3O/c1-10-2-3-12(9-18-10)13-5-4-11(8-14(13)17)15-6-7-16(21)20-19-15/h2-5,8-9H,6-7H2,1H3,(H,20,21). The Labute approximate surface area is 121 Å². The Bertz CT molecular complexity index is 723. The molecule has 1 aromatic carbocycles. The number of aryl methyl sites for hydroxylation is 1. The summed E-state index contributed by atoms with van der Waals surface area (Å²) in [5, 5.41) is 3.97. The van der Waals surface area contributed by atoms with Gasteiger partial charge in [0.25, 0.3) is 0 Å². The molecule has 0 spiro atoms. The van der Waals surface area contributed by atoms with Crippen molar-refractivity contribution in [3.8, 4) is 11.1 Å². The molecule has 0 radical (unpaired) electrons. The fourth-order valence-corrected chi connectivity index (χ4v) is 2.24. The van der Waals surface area contributed by atoms with Crippen LogP contribution in [0.4, 0.5) is 4.39 Å². The highest BCUT2D eigenvalue weighted by Gasteiger charge is 2.15. The Hall–Kier alpha value is -2.56. The Morgan fingerprint density at radius 2 is 1.95 bits per heavy atom. The van der Waals surface area contributed by atoms with Gasteiger partial charge in [0.1, 0.15) is 5.82 Å². The summed E-state index contributed by atoms with van der Waals surface area (Å²) in [6.07, 6.45) is 2.56. The molecule has 1 aromatic heterocycles. The maximum absolute atomic E-state index is 14.3. The van der Waals surface area contributed by atoms with Crippen molar-refractivity contribution >= 4 is 11.6 Å². The molecule has 4 nitrogen and oxygen atoms in total. The molecule has 0 aliphatic carbocycles. The zero-order chi connectivity index (χ0) is 14.8. The van der Waals surface area contributed by atoms with Crippen LogP contribution in [0.1, 0.15) is 24.1 Å². The largest absolute Gasteiger partial charge is 0.273 e. The van der Waals surface area contributed by atoms with Gasteiger partial charge in [0.2, 0.25) is 5.91 Å². The molecule has 1 aliphatic heterocycles. The number of halogens is 1. The molecule has 0 bridgehead atoms. The molecular weight excluding hydrogens is 269 g/mol. The second kappa shape index (κ2) is 5.44. The van der Waals surface area contributed by atoms with Crippen molar-refractivity contribution in [2.75, 3.05) is 0 Å². The van der Waals surface area contributed by atoms with Gasteiger partial charge in [-0.1, -0.05) is 18.2 Å². The third kappa shape index (κ3) is 2.81. The van der Waals surface area contributed by atoms with Crippen molar-refractivity contribution in [1.29, 1.82) is 0 Å². The summed E-state index contributed by atoms with van der Waals surface area (Å²) >= 11 is 0. The second-order valence-corrected chi connectivity index (χ2v) is 4.98. The predicted molar refractivity (Wildman–Crippen MR) is 78.3 cm³/mol. The van der Waals surface area contributed by atoms with E-state index in [0.29, 0.717) is 29.7 Å². The topological polar surface area (TPSA) is 54.4 Å². The number of carbonyl (C=O) groups is 1. The summed E-state index contributed by atoms with van der Waals surface area (Å²) in [5.41, 5.74) is 5.94. The minimum absolute atomic E-state index is 0.110. The van der Waals surface area contributed by atoms with Gasteiger partial charge in [-0.2, -0.15) is 5.10 Å². The van der Waals surface area contributed by atoms with Crippen molar-refractivity contribution in [3.63, 3.8) is 0 Å². The van der Waals surface area contributed by atoms with Crippen molar-refractivity contribution < 1.29 is 9.18 Å². The molecule has 21 heavy (non-hydrogen) atoms. The van der Waals surface area contributed by atoms with Crippen LogP contribution >= 0.6 is 0 Å². The van der Waals surface area contributed by atoms with Crippen LogP contribution in [0.3, 0.4) is 0 Å². The van der Waals surface area contributed by atoms with Crippen molar-refractivity contribution in [3.05, 3.63) is 53.6 Å². The molecule has 1 N–H and O–H groups in total. The van der Waals surface area contributed by atoms with E-state index in [0.717, 1.165) is 11.3 Å². The smallest absolute Gasteiger partial charge is 0.240 e. The van der Waals surface area contributed by atoms with Gasteiger partial charge in [0, 0.05) is 41.4 Å². The average Bonchev–Trinajstić information content (AvgIpc) is 2.49. The summed E-state index contributed by atoms with van der Waals surface area (Å²) in [5.74, 6) is -0.431. The maximum atomic E-state index is 14.3. The monoisotopic (exact) mass is 283 g/mol. The van der Waals surface area contributed by atoms with E-state index in [1.165, 1.54) is 6.07 Å². The van der Waals surface area contributed by atoms with Gasteiger partial charge in [0.15, 0.2) is 0 Å². The number of hydrogen-bond donors (Lipinski definition) is 1. The highest BCUT2D eigenvalue weighted by atomic mass is 19.1. The van der Waals surface area contributed by atoms with Gasteiger partial charge in [-0.3, -0.25) is 9.78 Å². The molecule has 0 atom stereocenters. The Morgan fingerprint density at radius 3 is 2.57 bits per heavy atom. The number of benzene rings is 1. The molecular formula is C16H14FN3O. The number of pyridine rings is 1. The first-order chi connectivity index (χ1) is 10.1. The molecule has 1 amide bonds. The zero-order valence-electron chi connectivity index (χ0n) is 11.6. The number of hydrazone groups is 1. The lowest BCUT2D eigenvalue weighted by Crippen LogP contribution is -2.25. The first kappa shape index (κ1) is 13.4. The average molecular weight is 283 g/mol. The number of nitrogens with one attached hydrogen (secondary N) is 1. The third-order valence-electron chi connectivity index (χ3n) is 3.43. The number of nitrogens with zero attached hydrogens (tertiary/aromatic N) is 2. The number of amides is 1. The number of aromatic nitrogens is 1. The molecule has 106 valence electrons. The zero-order valence-corrected chi connectivity index (χ0v) is 11.6. The molecule has 1 aliphatic rings. The van der Waals surface area contributed by atoms with E-state index in [-0.39, 0.29) is 11.7 Å². The van der Waals surface area contributed by atoms with Gasteiger partial charge in [-0.15, -0.1) is 0 Å². The summed E-state index contributed by atoms with van der Waals surface area (Å²) < 4.78 is 14.3. The Morgan fingerprint density at radius 1 is 1.14 bits per heavy atom. The summed E-state index contributed by atoms with van der Waals surface area (Å²) in [7, 11) is 0. The fraction of sp³-hybridized carbons (Fsp3) is 0.188. The van der Waals surface area contributed by atoms with Crippen LogP contribution in [0.2, 0.25) is 0 Å². The van der Waals surface area contributed by atoms with E-state index in [2.05, 4.69) is 15.5 Å². The molecule has 3 rings (SSSR count). The Balaban J connectivity index is 1.93. The SMILES string of the molecule is Cc1ccc(-c2ccc(C3=NNC(=O)CC3)cc2F)cn1. The van der Waals surface area contributed by atoms with E-state index in [4.69, 9.17) is 0 Å². The molecule has 0 unspecified atom stereocenters. The van der Waals surface area contributed by atoms with E-state index >= 15 is 0 Å². The lowest BCUT2D eigenvalue weighted by atomic mass is 10.00. The van der Waals surface area contributed by atoms with Crippen LogP contribution in [0.15, 0.2) is 41.6 Å². The highest BCUT2D eigenvalue weighted by molar-refractivity contribution is 6.04. The van der Waals surface area contributed by atoms with Crippen LogP contribution in [0, 0.1) is 12.7 Å². The van der Waals surface area contributed by atoms with Crippen LogP contribution in [0.5, 0.6) is 0 Å². The van der Waals surface area contributed by atoms with E-state index in [1.807, 2.05) is 25.1 Å². The highest BCUT2D eigenvalue weighted by Crippen LogP contribution is 2.24. The van der Waals surface area contributed by atoms with Gasteiger partial charge in [-0.25, -0.2) is 9.82 Å². The van der Waals surface area contributed by atoms with E-state index in [9.17, 15) is 9.18 Å². The maximum Gasteiger partial charge on any atom is 0.240 e. The minimum Gasteiger partial charge on any atom is -0.273 e. The van der Waals surface area contributed by atoms with Crippen LogP contribution in [-0.4, -0.2) is 16.6 Å². The van der Waals surface area contributed by atoms with Crippen LogP contribution in [0.25, 0.3) is 11.1 Å². The van der Waals surface area contributed by atoms with Crippen LogP contribution < -0.4 is 5.43 Å². The van der Waals surface area contributed by atoms with Crippen LogP contribution in [-0.2, 0) is 4.79 Å². The molecule has 2 heterocycles. The minimum atomic E-state index is -0.322. The van der Waals surface area contributed by atoms with Crippen molar-refractivity contribution in [1.82, 2.24) is 10.4 Å².